The highest BCUT2D eigenvalue weighted by Crippen LogP contribution is 2.28. The average molecular weight is 286 g/mol. The molecule has 0 bridgehead atoms. The minimum Gasteiger partial charge on any atom is -0.457 e. The van der Waals surface area contributed by atoms with E-state index >= 15 is 0 Å². The number of hydrogen-bond donors (Lipinski definition) is 0. The number of rotatable bonds is 6. The van der Waals surface area contributed by atoms with Gasteiger partial charge in [-0.05, 0) is 49.6 Å². The third-order valence-electron chi connectivity index (χ3n) is 3.30. The van der Waals surface area contributed by atoms with Gasteiger partial charge in [0, 0.05) is 0 Å². The van der Waals surface area contributed by atoms with Gasteiger partial charge in [0.25, 0.3) is 0 Å². The van der Waals surface area contributed by atoms with Crippen molar-refractivity contribution in [2.45, 2.75) is 33.1 Å². The maximum Gasteiger partial charge on any atom is 0.166 e. The van der Waals surface area contributed by atoms with Crippen molar-refractivity contribution >= 4 is 5.78 Å². The molecule has 0 spiro atoms. The topological polar surface area (TPSA) is 26.3 Å². The third kappa shape index (κ3) is 3.91. The molecule has 2 rings (SSSR count). The number of ether oxygens (including phenoxy) is 1. The summed E-state index contributed by atoms with van der Waals surface area (Å²) in [5.41, 5.74) is 1.24. The molecule has 3 heteroatoms. The quantitative estimate of drug-likeness (QED) is 0.685. The lowest BCUT2D eigenvalue weighted by Crippen LogP contribution is -2.00. The molecule has 0 atom stereocenters. The van der Waals surface area contributed by atoms with Crippen LogP contribution in [0.25, 0.3) is 0 Å². The van der Waals surface area contributed by atoms with E-state index in [-0.39, 0.29) is 17.1 Å². The van der Waals surface area contributed by atoms with E-state index in [0.717, 1.165) is 19.3 Å². The zero-order valence-corrected chi connectivity index (χ0v) is 12.4. The van der Waals surface area contributed by atoms with E-state index in [1.807, 2.05) is 24.3 Å². The van der Waals surface area contributed by atoms with Crippen molar-refractivity contribution in [3.63, 3.8) is 0 Å². The molecule has 0 N–H and O–H groups in total. The van der Waals surface area contributed by atoms with Crippen LogP contribution < -0.4 is 4.74 Å². The molecule has 21 heavy (non-hydrogen) atoms. The number of halogens is 1. The van der Waals surface area contributed by atoms with Crippen LogP contribution in [0.4, 0.5) is 4.39 Å². The molecule has 0 saturated heterocycles. The fraction of sp³-hybridized carbons (Fsp3) is 0.278. The summed E-state index contributed by atoms with van der Waals surface area (Å²) in [6, 6.07) is 12.1. The molecule has 0 aliphatic rings. The molecular weight excluding hydrogens is 267 g/mol. The van der Waals surface area contributed by atoms with Gasteiger partial charge in [0.2, 0.25) is 0 Å². The second-order valence-electron chi connectivity index (χ2n) is 5.02. The van der Waals surface area contributed by atoms with Gasteiger partial charge >= 0.3 is 0 Å². The molecule has 2 aromatic rings. The zero-order valence-electron chi connectivity index (χ0n) is 12.4. The van der Waals surface area contributed by atoms with Crippen LogP contribution in [0.2, 0.25) is 0 Å². The molecule has 2 nitrogen and oxygen atoms in total. The van der Waals surface area contributed by atoms with Gasteiger partial charge in [-0.25, -0.2) is 4.39 Å². The van der Waals surface area contributed by atoms with Crippen LogP contribution in [0.1, 0.15) is 42.6 Å². The first-order chi connectivity index (χ1) is 10.1. The predicted octanol–water partition coefficient (Wildman–Crippen LogP) is 5.16. The highest BCUT2D eigenvalue weighted by Gasteiger charge is 2.14. The largest absolute Gasteiger partial charge is 0.457 e. The number of hydrogen-bond acceptors (Lipinski definition) is 2. The maximum atomic E-state index is 13.7. The number of benzene rings is 2. The van der Waals surface area contributed by atoms with E-state index in [1.165, 1.54) is 24.6 Å². The summed E-state index contributed by atoms with van der Waals surface area (Å²) in [6.07, 6.45) is 3.34. The van der Waals surface area contributed by atoms with Crippen molar-refractivity contribution in [3.05, 3.63) is 59.4 Å². The SMILES string of the molecule is CCCCc1ccc(Oc2cccc(F)c2C(C)=O)cc1. The van der Waals surface area contributed by atoms with Crippen LogP contribution in [-0.2, 0) is 6.42 Å². The Morgan fingerprint density at radius 3 is 2.48 bits per heavy atom. The summed E-state index contributed by atoms with van der Waals surface area (Å²) in [5.74, 6) is -0.0469. The molecule has 0 aliphatic heterocycles. The van der Waals surface area contributed by atoms with Crippen molar-refractivity contribution in [1.29, 1.82) is 0 Å². The van der Waals surface area contributed by atoms with Crippen LogP contribution in [-0.4, -0.2) is 5.78 Å². The number of ketones is 1. The maximum absolute atomic E-state index is 13.7. The Bertz CT molecular complexity index is 618. The second-order valence-corrected chi connectivity index (χ2v) is 5.02. The van der Waals surface area contributed by atoms with E-state index in [1.54, 1.807) is 6.07 Å². The van der Waals surface area contributed by atoms with Gasteiger partial charge in [-0.3, -0.25) is 4.79 Å². The summed E-state index contributed by atoms with van der Waals surface area (Å²) < 4.78 is 19.4. The lowest BCUT2D eigenvalue weighted by atomic mass is 10.1. The van der Waals surface area contributed by atoms with Gasteiger partial charge in [0.1, 0.15) is 17.3 Å². The van der Waals surface area contributed by atoms with E-state index in [9.17, 15) is 9.18 Å². The van der Waals surface area contributed by atoms with Crippen LogP contribution in [0.5, 0.6) is 11.5 Å². The monoisotopic (exact) mass is 286 g/mol. The summed E-state index contributed by atoms with van der Waals surface area (Å²) >= 11 is 0. The molecule has 0 fully saturated rings. The summed E-state index contributed by atoms with van der Waals surface area (Å²) in [5, 5.41) is 0. The first kappa shape index (κ1) is 15.2. The van der Waals surface area contributed by atoms with Crippen molar-refractivity contribution in [2.24, 2.45) is 0 Å². The van der Waals surface area contributed by atoms with Gasteiger partial charge in [0.15, 0.2) is 5.78 Å². The highest BCUT2D eigenvalue weighted by atomic mass is 19.1. The standard InChI is InChI=1S/C18H19FO2/c1-3-4-6-14-9-11-15(12-10-14)21-17-8-5-7-16(19)18(17)13(2)20/h5,7-12H,3-4,6H2,1-2H3. The molecule has 0 amide bonds. The molecular formula is C18H19FO2. The Labute approximate surface area is 124 Å². The highest BCUT2D eigenvalue weighted by molar-refractivity contribution is 5.97. The van der Waals surface area contributed by atoms with Gasteiger partial charge in [0.05, 0.1) is 5.56 Å². The summed E-state index contributed by atoms with van der Waals surface area (Å²) in [4.78, 5) is 11.5. The predicted molar refractivity (Wildman–Crippen MR) is 81.5 cm³/mol. The van der Waals surface area contributed by atoms with E-state index < -0.39 is 5.82 Å². The minimum atomic E-state index is -0.556. The van der Waals surface area contributed by atoms with Gasteiger partial charge in [-0.1, -0.05) is 31.5 Å². The van der Waals surface area contributed by atoms with E-state index in [2.05, 4.69) is 6.92 Å². The van der Waals surface area contributed by atoms with Gasteiger partial charge < -0.3 is 4.74 Å². The summed E-state index contributed by atoms with van der Waals surface area (Å²) in [7, 11) is 0. The van der Waals surface area contributed by atoms with Crippen molar-refractivity contribution in [3.8, 4) is 11.5 Å². The molecule has 0 heterocycles. The molecule has 0 unspecified atom stereocenters. The molecule has 0 aliphatic carbocycles. The average Bonchev–Trinajstić information content (AvgIpc) is 2.46. The number of aryl methyl sites for hydroxylation is 1. The second kappa shape index (κ2) is 7.02. The Morgan fingerprint density at radius 1 is 1.14 bits per heavy atom. The third-order valence-corrected chi connectivity index (χ3v) is 3.30. The van der Waals surface area contributed by atoms with Gasteiger partial charge in [-0.2, -0.15) is 0 Å². The van der Waals surface area contributed by atoms with Crippen LogP contribution in [0.15, 0.2) is 42.5 Å². The Morgan fingerprint density at radius 2 is 1.86 bits per heavy atom. The van der Waals surface area contributed by atoms with E-state index in [0.29, 0.717) is 5.75 Å². The lowest BCUT2D eigenvalue weighted by Gasteiger charge is -2.10. The fourth-order valence-corrected chi connectivity index (χ4v) is 2.16. The smallest absolute Gasteiger partial charge is 0.166 e. The number of Topliss-reactive ketones (excluding diaryl/α,β-unsaturated/α-hetero) is 1. The molecule has 110 valence electrons. The van der Waals surface area contributed by atoms with Crippen LogP contribution in [0, 0.1) is 5.82 Å². The minimum absolute atomic E-state index is 0.00689. The molecule has 2 aromatic carbocycles. The summed E-state index contributed by atoms with van der Waals surface area (Å²) in [6.45, 7) is 3.49. The van der Waals surface area contributed by atoms with Crippen molar-refractivity contribution in [1.82, 2.24) is 0 Å². The zero-order chi connectivity index (χ0) is 15.2. The normalized spacial score (nSPS) is 10.4. The Balaban J connectivity index is 2.19. The molecule has 0 aromatic heterocycles. The fourth-order valence-electron chi connectivity index (χ4n) is 2.16. The molecule has 0 saturated carbocycles. The Kier molecular flexibility index (Phi) is 5.09. The van der Waals surface area contributed by atoms with Crippen molar-refractivity contribution in [2.75, 3.05) is 0 Å². The number of unbranched alkanes of at least 4 members (excludes halogenated alkanes) is 1. The van der Waals surface area contributed by atoms with Crippen LogP contribution >= 0.6 is 0 Å². The first-order valence-electron chi connectivity index (χ1n) is 7.18. The van der Waals surface area contributed by atoms with Crippen LogP contribution in [0.3, 0.4) is 0 Å². The number of carbonyl (C=O) groups excluding carboxylic acids is 1. The van der Waals surface area contributed by atoms with E-state index in [4.69, 9.17) is 4.74 Å². The number of carbonyl (C=O) groups is 1. The molecule has 0 radical (unpaired) electrons. The Hall–Kier alpha value is -2.16. The van der Waals surface area contributed by atoms with Gasteiger partial charge in [-0.15, -0.1) is 0 Å². The lowest BCUT2D eigenvalue weighted by molar-refractivity contribution is 0.101. The van der Waals surface area contributed by atoms with Crippen molar-refractivity contribution < 1.29 is 13.9 Å². The first-order valence-corrected chi connectivity index (χ1v) is 7.18.